The van der Waals surface area contributed by atoms with Gasteiger partial charge in [0.2, 0.25) is 0 Å². The Morgan fingerprint density at radius 2 is 1.35 bits per heavy atom. The summed E-state index contributed by atoms with van der Waals surface area (Å²) in [5.74, 6) is 0. The van der Waals surface area contributed by atoms with Crippen LogP contribution in [-0.4, -0.2) is 3.21 Å². The third kappa shape index (κ3) is 6.91. The van der Waals surface area contributed by atoms with Crippen LogP contribution in [0.4, 0.5) is 0 Å². The van der Waals surface area contributed by atoms with Gasteiger partial charge >= 0.3 is 296 Å². The van der Waals surface area contributed by atoms with Crippen LogP contribution in [0, 0.1) is 13.8 Å². The topological polar surface area (TPSA) is 0 Å². The third-order valence-electron chi connectivity index (χ3n) is 10.2. The van der Waals surface area contributed by atoms with E-state index in [1.807, 2.05) is 6.07 Å². The van der Waals surface area contributed by atoms with E-state index in [0.717, 1.165) is 11.4 Å². The molecule has 0 nitrogen and oxygen atoms in total. The molecule has 49 heavy (non-hydrogen) atoms. The smallest absolute Gasteiger partial charge is 1.00 e. The molecule has 0 aromatic heterocycles. The van der Waals surface area contributed by atoms with Crippen molar-refractivity contribution in [3.63, 3.8) is 0 Å². The van der Waals surface area contributed by atoms with Crippen LogP contribution in [0.3, 0.4) is 0 Å². The van der Waals surface area contributed by atoms with Gasteiger partial charge in [0.25, 0.3) is 0 Å². The molecule has 0 radical (unpaired) electrons. The molecule has 0 atom stereocenters. The summed E-state index contributed by atoms with van der Waals surface area (Å²) in [6.45, 7) is 19.0. The number of aryl methyl sites for hydroxylation is 1. The van der Waals surface area contributed by atoms with Crippen molar-refractivity contribution in [1.29, 1.82) is 0 Å². The molecule has 0 N–H and O–H groups in total. The monoisotopic (exact) mass is 780 g/mol. The minimum absolute atomic E-state index is 0. The average molecular weight is 783 g/mol. The maximum atomic E-state index is 6.82. The Morgan fingerprint density at radius 1 is 0.714 bits per heavy atom. The van der Waals surface area contributed by atoms with Crippen molar-refractivity contribution < 1.29 is 46.1 Å². The molecule has 0 saturated carbocycles. The van der Waals surface area contributed by atoms with Crippen molar-refractivity contribution in [3.05, 3.63) is 159 Å². The number of allylic oxidation sites excluding steroid dienone is 4. The summed E-state index contributed by atoms with van der Waals surface area (Å²) in [6, 6.07) is 32.1. The first-order chi connectivity index (χ1) is 22.3. The third-order valence-corrected chi connectivity index (χ3v) is 18.7. The fourth-order valence-corrected chi connectivity index (χ4v) is 17.2. The SMILES string of the molecule is Cc1cc2c(cc1C(C)(C)C)-c1cc(C(C)(C)C)c(C)[c]([Zr+2](=[C](c3cccc(Cl)c3)c3cccc4ccccc34)[CH]3C=CC=C3)c1C2.[Cl-].[Cl-]. The van der Waals surface area contributed by atoms with E-state index < -0.39 is 21.3 Å². The number of rotatable bonds is 4. The van der Waals surface area contributed by atoms with Gasteiger partial charge in [0, 0.05) is 0 Å². The summed E-state index contributed by atoms with van der Waals surface area (Å²) in [5, 5.41) is 3.40. The van der Waals surface area contributed by atoms with Crippen molar-refractivity contribution in [3.8, 4) is 11.1 Å². The Kier molecular flexibility index (Phi) is 11.0. The van der Waals surface area contributed by atoms with E-state index in [0.29, 0.717) is 3.63 Å². The van der Waals surface area contributed by atoms with E-state index in [1.54, 1.807) is 8.83 Å². The molecule has 0 fully saturated rings. The molecule has 7 rings (SSSR count). The van der Waals surface area contributed by atoms with Crippen LogP contribution in [0.25, 0.3) is 21.9 Å². The molecule has 0 unspecified atom stereocenters. The van der Waals surface area contributed by atoms with Gasteiger partial charge in [0.05, 0.1) is 0 Å². The molecule has 5 aromatic carbocycles. The zero-order valence-electron chi connectivity index (χ0n) is 29.8. The Morgan fingerprint density at radius 3 is 2.02 bits per heavy atom. The summed E-state index contributed by atoms with van der Waals surface area (Å²) in [6.07, 6.45) is 10.5. The van der Waals surface area contributed by atoms with Crippen LogP contribution in [0.5, 0.6) is 0 Å². The second-order valence-electron chi connectivity index (χ2n) is 15.6. The minimum atomic E-state index is -2.91. The summed E-state index contributed by atoms with van der Waals surface area (Å²) < 4.78 is 3.61. The summed E-state index contributed by atoms with van der Waals surface area (Å²) in [7, 11) is 0. The van der Waals surface area contributed by atoms with Gasteiger partial charge in [-0.2, -0.15) is 0 Å². The fourth-order valence-electron chi connectivity index (χ4n) is 8.19. The van der Waals surface area contributed by atoms with Crippen molar-refractivity contribution in [2.75, 3.05) is 0 Å². The Bertz CT molecular complexity index is 2150. The Hall–Kier alpha value is -2.54. The molecule has 0 aliphatic heterocycles. The summed E-state index contributed by atoms with van der Waals surface area (Å²) >= 11 is 3.91. The predicted molar refractivity (Wildman–Crippen MR) is 202 cm³/mol. The van der Waals surface area contributed by atoms with Gasteiger partial charge in [-0.05, 0) is 0 Å². The van der Waals surface area contributed by atoms with Gasteiger partial charge in [-0.25, -0.2) is 0 Å². The van der Waals surface area contributed by atoms with E-state index in [2.05, 4.69) is 159 Å². The van der Waals surface area contributed by atoms with Crippen LogP contribution in [-0.2, 0) is 38.5 Å². The van der Waals surface area contributed by atoms with E-state index in [9.17, 15) is 0 Å². The molecule has 0 saturated heterocycles. The van der Waals surface area contributed by atoms with E-state index in [-0.39, 0.29) is 35.6 Å². The molecule has 5 aromatic rings. The molecular weight excluding hydrogens is 738 g/mol. The molecule has 0 amide bonds. The van der Waals surface area contributed by atoms with Crippen molar-refractivity contribution in [2.45, 2.75) is 76.3 Å². The van der Waals surface area contributed by atoms with Crippen molar-refractivity contribution >= 4 is 28.9 Å². The zero-order chi connectivity index (χ0) is 33.2. The number of benzene rings is 5. The molecule has 2 aliphatic carbocycles. The minimum Gasteiger partial charge on any atom is -1.00 e. The number of hydrogen-bond donors (Lipinski definition) is 0. The first-order valence-corrected chi connectivity index (χ1v) is 21.2. The first kappa shape index (κ1) is 37.7. The molecule has 0 bridgehead atoms. The van der Waals surface area contributed by atoms with Crippen LogP contribution < -0.4 is 28.1 Å². The molecular formula is C45H45Cl3Zr. The maximum absolute atomic E-state index is 6.82. The maximum Gasteiger partial charge on any atom is -1.00 e. The van der Waals surface area contributed by atoms with Crippen LogP contribution >= 0.6 is 11.6 Å². The van der Waals surface area contributed by atoms with Crippen LogP contribution in [0.1, 0.15) is 86.1 Å². The quantitative estimate of drug-likeness (QED) is 0.215. The largest absolute Gasteiger partial charge is 1.00 e. The van der Waals surface area contributed by atoms with Crippen LogP contribution in [0.2, 0.25) is 8.65 Å². The standard InChI is InChI=1S/C23H29.C17H11Cl.C5H5.2ClH.Zr/c1-14-9-16-11-17-10-15(2)21(23(6,7)8)13-19(17)18(16)12-20(14)22(3,4)5;18-16-9-3-5-13(12-16)11-15-8-4-7-14-6-1-2-10-17(14)15;1-2-4-5-3-1;;;/h9,12-13H,11H2,1-8H3;1-10,12H;1-5H;2*1H;/q;;;;;+2/p-2. The Labute approximate surface area is 318 Å². The zero-order valence-corrected chi connectivity index (χ0v) is 34.5. The van der Waals surface area contributed by atoms with E-state index >= 15 is 0 Å². The fraction of sp³-hybridized carbons (Fsp3) is 0.267. The van der Waals surface area contributed by atoms with Gasteiger partial charge in [-0.3, -0.25) is 0 Å². The van der Waals surface area contributed by atoms with Crippen LogP contribution in [0.15, 0.2) is 109 Å². The summed E-state index contributed by atoms with van der Waals surface area (Å²) in [4.78, 5) is 0. The van der Waals surface area contributed by atoms with Crippen molar-refractivity contribution in [2.24, 2.45) is 0 Å². The molecule has 4 heteroatoms. The Balaban J connectivity index is 0.00000234. The second kappa shape index (κ2) is 14.2. The molecule has 250 valence electrons. The van der Waals surface area contributed by atoms with Gasteiger partial charge in [0.1, 0.15) is 0 Å². The first-order valence-electron chi connectivity index (χ1n) is 17.0. The normalized spacial score (nSPS) is 13.9. The molecule has 0 heterocycles. The van der Waals surface area contributed by atoms with E-state index in [4.69, 9.17) is 11.6 Å². The number of hydrogen-bond acceptors (Lipinski definition) is 0. The average Bonchev–Trinajstić information content (AvgIpc) is 3.66. The molecule has 2 aliphatic rings. The van der Waals surface area contributed by atoms with Gasteiger partial charge < -0.3 is 24.8 Å². The van der Waals surface area contributed by atoms with Gasteiger partial charge in [0.15, 0.2) is 0 Å². The van der Waals surface area contributed by atoms with Gasteiger partial charge in [-0.1, -0.05) is 0 Å². The molecule has 0 spiro atoms. The summed E-state index contributed by atoms with van der Waals surface area (Å²) in [5.41, 5.74) is 14.5. The van der Waals surface area contributed by atoms with E-state index in [1.165, 1.54) is 64.0 Å². The van der Waals surface area contributed by atoms with Crippen molar-refractivity contribution in [1.82, 2.24) is 0 Å². The van der Waals surface area contributed by atoms with Gasteiger partial charge in [-0.15, -0.1) is 0 Å². The number of halogens is 3. The number of fused-ring (bicyclic) bond motifs is 4. The second-order valence-corrected chi connectivity index (χ2v) is 22.1. The predicted octanol–water partition coefficient (Wildman–Crippen LogP) is 5.71.